The molecule has 88 valence electrons. The first-order valence-electron chi connectivity index (χ1n) is 6.32. The summed E-state index contributed by atoms with van der Waals surface area (Å²) < 4.78 is 5.83. The Morgan fingerprint density at radius 3 is 2.20 bits per heavy atom. The van der Waals surface area contributed by atoms with Gasteiger partial charge < -0.3 is 10.5 Å². The molecule has 2 aliphatic rings. The van der Waals surface area contributed by atoms with Gasteiger partial charge in [-0.15, -0.1) is 0 Å². The van der Waals surface area contributed by atoms with Crippen LogP contribution in [0, 0.1) is 0 Å². The number of nitrogens with zero attached hydrogens (tertiary/aromatic N) is 1. The average Bonchev–Trinajstić information content (AvgIpc) is 2.58. The number of hydrogen-bond acceptors (Lipinski definition) is 3. The first-order valence-corrected chi connectivity index (χ1v) is 6.32. The van der Waals surface area contributed by atoms with E-state index >= 15 is 0 Å². The van der Waals surface area contributed by atoms with Crippen molar-refractivity contribution in [3.63, 3.8) is 0 Å². The molecular formula is C12H24N2O. The number of nitrogens with two attached hydrogens (primary N) is 1. The molecule has 0 aromatic carbocycles. The average molecular weight is 212 g/mol. The molecule has 2 unspecified atom stereocenters. The normalized spacial score (nSPS) is 32.2. The highest BCUT2D eigenvalue weighted by molar-refractivity contribution is 4.91. The number of fused-ring (bicyclic) bond motifs is 2. The van der Waals surface area contributed by atoms with Gasteiger partial charge in [0.05, 0.1) is 12.2 Å². The second-order valence-corrected chi connectivity index (χ2v) is 5.22. The van der Waals surface area contributed by atoms with E-state index in [4.69, 9.17) is 10.5 Å². The van der Waals surface area contributed by atoms with E-state index in [0.717, 1.165) is 32.5 Å². The van der Waals surface area contributed by atoms with Crippen LogP contribution in [-0.2, 0) is 4.74 Å². The molecule has 3 nitrogen and oxygen atoms in total. The minimum atomic E-state index is 0.0107. The van der Waals surface area contributed by atoms with Crippen molar-refractivity contribution in [1.82, 2.24) is 4.90 Å². The molecule has 2 N–H and O–H groups in total. The summed E-state index contributed by atoms with van der Waals surface area (Å²) in [4.78, 5) is 2.51. The topological polar surface area (TPSA) is 38.5 Å². The third kappa shape index (κ3) is 2.52. The molecule has 15 heavy (non-hydrogen) atoms. The Morgan fingerprint density at radius 2 is 1.73 bits per heavy atom. The van der Waals surface area contributed by atoms with Gasteiger partial charge in [-0.05, 0) is 25.7 Å². The maximum Gasteiger partial charge on any atom is 0.0707 e. The maximum atomic E-state index is 6.36. The largest absolute Gasteiger partial charge is 0.372 e. The zero-order chi connectivity index (χ0) is 10.9. The summed E-state index contributed by atoms with van der Waals surface area (Å²) in [6.07, 6.45) is 5.60. The molecule has 0 amide bonds. The van der Waals surface area contributed by atoms with Crippen molar-refractivity contribution in [3.8, 4) is 0 Å². The molecule has 0 aromatic heterocycles. The van der Waals surface area contributed by atoms with Gasteiger partial charge in [0.15, 0.2) is 0 Å². The minimum Gasteiger partial charge on any atom is -0.372 e. The zero-order valence-corrected chi connectivity index (χ0v) is 10.0. The fraction of sp³-hybridized carbons (Fsp3) is 1.00. The fourth-order valence-electron chi connectivity index (χ4n) is 2.75. The SMILES string of the molecule is CCC(N)(CC)CN1CC2CCC(C1)O2. The Kier molecular flexibility index (Phi) is 3.33. The third-order valence-corrected chi connectivity index (χ3v) is 4.07. The van der Waals surface area contributed by atoms with Crippen LogP contribution in [0.15, 0.2) is 0 Å². The summed E-state index contributed by atoms with van der Waals surface area (Å²) in [5.41, 5.74) is 6.37. The van der Waals surface area contributed by atoms with Gasteiger partial charge in [0.25, 0.3) is 0 Å². The van der Waals surface area contributed by atoms with Crippen molar-refractivity contribution in [3.05, 3.63) is 0 Å². The van der Waals surface area contributed by atoms with E-state index in [1.165, 1.54) is 12.8 Å². The molecule has 2 saturated heterocycles. The highest BCUT2D eigenvalue weighted by Crippen LogP contribution is 2.27. The van der Waals surface area contributed by atoms with Gasteiger partial charge >= 0.3 is 0 Å². The number of ether oxygens (including phenoxy) is 1. The molecule has 2 heterocycles. The number of likely N-dealkylation sites (tertiary alicyclic amines) is 1. The van der Waals surface area contributed by atoms with Gasteiger partial charge in [0, 0.05) is 25.2 Å². The Balaban J connectivity index is 1.89. The highest BCUT2D eigenvalue weighted by atomic mass is 16.5. The van der Waals surface area contributed by atoms with Gasteiger partial charge in [-0.3, -0.25) is 4.90 Å². The standard InChI is InChI=1S/C12H24N2O/c1-3-12(13,4-2)9-14-7-10-5-6-11(8-14)15-10/h10-11H,3-9,13H2,1-2H3. The molecule has 0 radical (unpaired) electrons. The lowest BCUT2D eigenvalue weighted by atomic mass is 9.93. The van der Waals surface area contributed by atoms with Crippen molar-refractivity contribution < 1.29 is 4.74 Å². The Labute approximate surface area is 93.0 Å². The van der Waals surface area contributed by atoms with Crippen LogP contribution in [0.25, 0.3) is 0 Å². The Hall–Kier alpha value is -0.120. The molecule has 0 aromatic rings. The van der Waals surface area contributed by atoms with Crippen LogP contribution in [0.1, 0.15) is 39.5 Å². The van der Waals surface area contributed by atoms with E-state index < -0.39 is 0 Å². The van der Waals surface area contributed by atoms with Crippen molar-refractivity contribution in [2.24, 2.45) is 5.73 Å². The summed E-state index contributed by atoms with van der Waals surface area (Å²) in [6.45, 7) is 7.61. The first-order chi connectivity index (χ1) is 7.15. The molecule has 2 bridgehead atoms. The van der Waals surface area contributed by atoms with Crippen LogP contribution < -0.4 is 5.73 Å². The van der Waals surface area contributed by atoms with Crippen molar-refractivity contribution in [2.75, 3.05) is 19.6 Å². The van der Waals surface area contributed by atoms with Crippen LogP contribution in [0.2, 0.25) is 0 Å². The maximum absolute atomic E-state index is 6.36. The number of rotatable bonds is 4. The molecule has 0 aliphatic carbocycles. The predicted molar refractivity (Wildman–Crippen MR) is 61.8 cm³/mol. The summed E-state index contributed by atoms with van der Waals surface area (Å²) in [7, 11) is 0. The van der Waals surface area contributed by atoms with Crippen molar-refractivity contribution in [1.29, 1.82) is 0 Å². The smallest absolute Gasteiger partial charge is 0.0707 e. The summed E-state index contributed by atoms with van der Waals surface area (Å²) >= 11 is 0. The second kappa shape index (κ2) is 4.40. The van der Waals surface area contributed by atoms with Gasteiger partial charge in [-0.1, -0.05) is 13.8 Å². The summed E-state index contributed by atoms with van der Waals surface area (Å²) in [5.74, 6) is 0. The zero-order valence-electron chi connectivity index (χ0n) is 10.0. The molecular weight excluding hydrogens is 188 g/mol. The molecule has 2 rings (SSSR count). The summed E-state index contributed by atoms with van der Waals surface area (Å²) in [6, 6.07) is 0. The van der Waals surface area contributed by atoms with E-state index in [2.05, 4.69) is 18.7 Å². The van der Waals surface area contributed by atoms with E-state index in [1.807, 2.05) is 0 Å². The lowest BCUT2D eigenvalue weighted by Gasteiger charge is -2.38. The van der Waals surface area contributed by atoms with Crippen LogP contribution >= 0.6 is 0 Å². The molecule has 2 aliphatic heterocycles. The van der Waals surface area contributed by atoms with E-state index in [1.54, 1.807) is 0 Å². The monoisotopic (exact) mass is 212 g/mol. The Bertz CT molecular complexity index is 204. The van der Waals surface area contributed by atoms with Crippen molar-refractivity contribution in [2.45, 2.75) is 57.3 Å². The quantitative estimate of drug-likeness (QED) is 0.765. The molecule has 2 atom stereocenters. The lowest BCUT2D eigenvalue weighted by molar-refractivity contribution is -0.0445. The van der Waals surface area contributed by atoms with E-state index in [0.29, 0.717) is 12.2 Å². The molecule has 0 saturated carbocycles. The van der Waals surface area contributed by atoms with E-state index in [9.17, 15) is 0 Å². The summed E-state index contributed by atoms with van der Waals surface area (Å²) in [5, 5.41) is 0. The van der Waals surface area contributed by atoms with Gasteiger partial charge in [-0.25, -0.2) is 0 Å². The minimum absolute atomic E-state index is 0.0107. The predicted octanol–water partition coefficient (Wildman–Crippen LogP) is 1.37. The number of morpholine rings is 1. The van der Waals surface area contributed by atoms with Crippen molar-refractivity contribution >= 4 is 0 Å². The van der Waals surface area contributed by atoms with Crippen LogP contribution in [0.4, 0.5) is 0 Å². The molecule has 2 fully saturated rings. The van der Waals surface area contributed by atoms with Crippen LogP contribution in [0.3, 0.4) is 0 Å². The van der Waals surface area contributed by atoms with Gasteiger partial charge in [-0.2, -0.15) is 0 Å². The van der Waals surface area contributed by atoms with Gasteiger partial charge in [0.1, 0.15) is 0 Å². The van der Waals surface area contributed by atoms with Crippen LogP contribution in [-0.4, -0.2) is 42.3 Å². The van der Waals surface area contributed by atoms with E-state index in [-0.39, 0.29) is 5.54 Å². The third-order valence-electron chi connectivity index (χ3n) is 4.07. The van der Waals surface area contributed by atoms with Crippen LogP contribution in [0.5, 0.6) is 0 Å². The molecule has 0 spiro atoms. The lowest BCUT2D eigenvalue weighted by Crippen LogP contribution is -2.54. The Morgan fingerprint density at radius 1 is 1.20 bits per heavy atom. The van der Waals surface area contributed by atoms with Gasteiger partial charge in [0.2, 0.25) is 0 Å². The molecule has 3 heteroatoms. The highest BCUT2D eigenvalue weighted by Gasteiger charge is 2.36. The fourth-order valence-corrected chi connectivity index (χ4v) is 2.75. The second-order valence-electron chi connectivity index (χ2n) is 5.22. The first kappa shape index (κ1) is 11.4. The number of hydrogen-bond donors (Lipinski definition) is 1.